The highest BCUT2D eigenvalue weighted by Crippen LogP contribution is 2.40. The van der Waals surface area contributed by atoms with Gasteiger partial charge >= 0.3 is 6.01 Å². The number of ether oxygens (including phenoxy) is 1. The first-order valence-electron chi connectivity index (χ1n) is 24.1. The average Bonchev–Trinajstić information content (AvgIpc) is 4.19. The number of β-amino-alcohol motifs (C(OH)–C–C–N with tert-alkyl or cyclic N) is 1. The highest BCUT2D eigenvalue weighted by atomic mass is 35.5. The van der Waals surface area contributed by atoms with Crippen molar-refractivity contribution in [2.75, 3.05) is 6.54 Å². The summed E-state index contributed by atoms with van der Waals surface area (Å²) in [5, 5.41) is 32.2. The number of amides is 3. The summed E-state index contributed by atoms with van der Waals surface area (Å²) in [6.45, 7) is 13.9. The number of likely N-dealkylation sites (tertiary alicyclic amines) is 1. The lowest BCUT2D eigenvalue weighted by atomic mass is 9.89. The molecule has 1 saturated heterocycles. The monoisotopic (exact) mass is 1030 g/mol. The van der Waals surface area contributed by atoms with Gasteiger partial charge in [-0.25, -0.2) is 9.97 Å². The second-order valence-electron chi connectivity index (χ2n) is 19.2. The van der Waals surface area contributed by atoms with Crippen molar-refractivity contribution < 1.29 is 24.2 Å². The van der Waals surface area contributed by atoms with Crippen molar-refractivity contribution in [1.82, 2.24) is 55.0 Å². The molecule has 3 amide bonds. The van der Waals surface area contributed by atoms with Crippen LogP contribution in [-0.2, 0) is 14.4 Å². The zero-order valence-electron chi connectivity index (χ0n) is 40.9. The van der Waals surface area contributed by atoms with E-state index in [0.717, 1.165) is 54.9 Å². The van der Waals surface area contributed by atoms with Gasteiger partial charge in [0.05, 0.1) is 52.3 Å². The number of hydrogen-bond donors (Lipinski definition) is 3. The molecule has 10 rings (SSSR count). The van der Waals surface area contributed by atoms with Gasteiger partial charge < -0.3 is 25.4 Å². The Hall–Kier alpha value is -6.67. The fourth-order valence-electron chi connectivity index (χ4n) is 9.78. The van der Waals surface area contributed by atoms with Crippen LogP contribution in [-0.4, -0.2) is 104 Å². The van der Waals surface area contributed by atoms with E-state index in [1.807, 2.05) is 93.2 Å². The maximum Gasteiger partial charge on any atom is 0.317 e. The van der Waals surface area contributed by atoms with Gasteiger partial charge in [-0.2, -0.15) is 10.1 Å². The largest absolute Gasteiger partial charge is 0.460 e. The van der Waals surface area contributed by atoms with Gasteiger partial charge in [0, 0.05) is 70.8 Å². The Morgan fingerprint density at radius 2 is 1.68 bits per heavy atom. The van der Waals surface area contributed by atoms with E-state index in [1.54, 1.807) is 52.0 Å². The van der Waals surface area contributed by atoms with Crippen molar-refractivity contribution in [3.63, 3.8) is 0 Å². The number of aliphatic hydroxyl groups is 1. The molecular formula is C52H55ClN12O5S2. The van der Waals surface area contributed by atoms with Gasteiger partial charge in [0.1, 0.15) is 35.1 Å². The topological polar surface area (TPSA) is 208 Å². The molecule has 20 heteroatoms. The Balaban J connectivity index is 0.762. The van der Waals surface area contributed by atoms with Gasteiger partial charge in [0.25, 0.3) is 0 Å². The Morgan fingerprint density at radius 1 is 0.931 bits per heavy atom. The number of halogens is 1. The zero-order valence-corrected chi connectivity index (χ0v) is 43.3. The van der Waals surface area contributed by atoms with Gasteiger partial charge in [0.2, 0.25) is 17.7 Å². The van der Waals surface area contributed by atoms with E-state index in [2.05, 4.69) is 54.7 Å². The first-order valence-corrected chi connectivity index (χ1v) is 26.2. The van der Waals surface area contributed by atoms with Crippen LogP contribution in [0, 0.1) is 33.6 Å². The SMILES string of the molecule is Cc1ncsc1-c1ccc([C@H](C)NC(=O)[C@@H]2C[C@@H](O)CN2C(=O)[C@H](C(C)C)n2cc(-c3ccnc(O[C@H]4C[C@@H](NC(=O)C[C@@H]5N=C(c6ccc(Cl)cc6)c6c(sc(C)c6C)-n6c(C)nnc65)C4)n3)cn2)cc1. The van der Waals surface area contributed by atoms with Crippen LogP contribution in [0.1, 0.15) is 109 Å². The predicted octanol–water partition coefficient (Wildman–Crippen LogP) is 8.04. The second-order valence-corrected chi connectivity index (χ2v) is 21.7. The molecule has 372 valence electrons. The van der Waals surface area contributed by atoms with Crippen LogP contribution in [0.25, 0.3) is 26.7 Å². The Bertz CT molecular complexity index is 3190. The van der Waals surface area contributed by atoms with Gasteiger partial charge in [-0.15, -0.1) is 32.9 Å². The molecule has 5 atom stereocenters. The van der Waals surface area contributed by atoms with Crippen LogP contribution < -0.4 is 15.4 Å². The van der Waals surface area contributed by atoms with Crippen LogP contribution in [0.2, 0.25) is 5.02 Å². The van der Waals surface area contributed by atoms with Crippen LogP contribution in [0.3, 0.4) is 0 Å². The van der Waals surface area contributed by atoms with Gasteiger partial charge in [-0.05, 0) is 75.4 Å². The lowest BCUT2D eigenvalue weighted by molar-refractivity contribution is -0.142. The van der Waals surface area contributed by atoms with E-state index in [4.69, 9.17) is 21.3 Å². The number of thiazole rings is 1. The van der Waals surface area contributed by atoms with E-state index in [0.29, 0.717) is 34.9 Å². The first kappa shape index (κ1) is 48.9. The van der Waals surface area contributed by atoms with E-state index >= 15 is 0 Å². The minimum absolute atomic E-state index is 0.0323. The van der Waals surface area contributed by atoms with Crippen molar-refractivity contribution in [3.05, 3.63) is 128 Å². The number of aliphatic imine (C=N–C) groups is 1. The van der Waals surface area contributed by atoms with Crippen LogP contribution >= 0.6 is 34.3 Å². The maximum atomic E-state index is 14.4. The summed E-state index contributed by atoms with van der Waals surface area (Å²) < 4.78 is 9.84. The quantitative estimate of drug-likeness (QED) is 0.0950. The molecule has 0 bridgehead atoms. The molecule has 3 aliphatic rings. The van der Waals surface area contributed by atoms with E-state index in [-0.39, 0.29) is 67.2 Å². The summed E-state index contributed by atoms with van der Waals surface area (Å²) in [7, 11) is 0. The fraction of sp³-hybridized carbons (Fsp3) is 0.385. The number of rotatable bonds is 14. The standard InChI is InChI=1S/C52H55ClN12O5S2/c1-26(2)46(50(69)63-24-38(66)20-42(63)49(68)57-28(4)32-8-10-34(11-9-32)47-29(5)55-25-71-47)64-23-35(22-56-64)40-16-17-54-52(60-40)70-39-18-37(19-39)58-43(67)21-41-48-62-61-31(7)65(48)51-44(27(3)30(6)72-51)45(59-41)33-12-14-36(53)15-13-33/h8-17,22-23,25-26,28,37-39,41-42,46,66H,18-21,24H2,1-7H3,(H,57,68)(H,58,67)/t28-,37-,38+,39+,41-,42-,46-/m0/s1. The molecule has 2 fully saturated rings. The molecule has 7 heterocycles. The number of aromatic nitrogens is 8. The summed E-state index contributed by atoms with van der Waals surface area (Å²) in [5.74, 6) is 0.339. The predicted molar refractivity (Wildman–Crippen MR) is 276 cm³/mol. The molecule has 1 saturated carbocycles. The van der Waals surface area contributed by atoms with Crippen LogP contribution in [0.4, 0.5) is 0 Å². The van der Waals surface area contributed by atoms with Crippen molar-refractivity contribution in [2.45, 2.75) is 117 Å². The number of nitrogens with zero attached hydrogens (tertiary/aromatic N) is 10. The summed E-state index contributed by atoms with van der Waals surface area (Å²) in [6, 6.07) is 14.9. The Morgan fingerprint density at radius 3 is 2.40 bits per heavy atom. The second kappa shape index (κ2) is 20.1. The molecule has 72 heavy (non-hydrogen) atoms. The normalized spacial score (nSPS) is 20.2. The number of benzene rings is 2. The molecule has 0 radical (unpaired) electrons. The molecule has 5 aromatic heterocycles. The highest BCUT2D eigenvalue weighted by Gasteiger charge is 2.43. The molecule has 7 aromatic rings. The minimum atomic E-state index is -0.854. The molecule has 2 aliphatic heterocycles. The lowest BCUT2D eigenvalue weighted by Gasteiger charge is -2.35. The van der Waals surface area contributed by atoms with Crippen LogP contribution in [0.5, 0.6) is 6.01 Å². The van der Waals surface area contributed by atoms with Crippen molar-refractivity contribution >= 4 is 57.7 Å². The Kier molecular flexibility index (Phi) is 13.7. The lowest BCUT2D eigenvalue weighted by Crippen LogP contribution is -2.49. The number of hydrogen-bond acceptors (Lipinski definition) is 14. The third kappa shape index (κ3) is 9.69. The van der Waals surface area contributed by atoms with Gasteiger partial charge in [-0.1, -0.05) is 61.8 Å². The molecule has 1 aliphatic carbocycles. The summed E-state index contributed by atoms with van der Waals surface area (Å²) in [5.41, 5.74) is 9.78. The number of thiophene rings is 1. The van der Waals surface area contributed by atoms with Crippen LogP contribution in [0.15, 0.2) is 83.7 Å². The van der Waals surface area contributed by atoms with E-state index in [1.165, 1.54) is 9.78 Å². The Labute approximate surface area is 429 Å². The molecule has 3 N–H and O–H groups in total. The average molecular weight is 1030 g/mol. The number of nitrogens with one attached hydrogen (secondary N) is 2. The summed E-state index contributed by atoms with van der Waals surface area (Å²) in [4.78, 5) is 64.4. The third-order valence-corrected chi connectivity index (χ3v) is 16.2. The molecule has 2 aromatic carbocycles. The first-order chi connectivity index (χ1) is 34.6. The van der Waals surface area contributed by atoms with Gasteiger partial charge in [0.15, 0.2) is 5.82 Å². The highest BCUT2D eigenvalue weighted by molar-refractivity contribution is 7.15. The van der Waals surface area contributed by atoms with E-state index in [9.17, 15) is 19.5 Å². The van der Waals surface area contributed by atoms with E-state index < -0.39 is 24.2 Å². The van der Waals surface area contributed by atoms with Gasteiger partial charge in [-0.3, -0.25) is 28.6 Å². The third-order valence-electron chi connectivity index (χ3n) is 13.8. The van der Waals surface area contributed by atoms with Crippen molar-refractivity contribution in [1.29, 1.82) is 0 Å². The molecule has 17 nitrogen and oxygen atoms in total. The van der Waals surface area contributed by atoms with Crippen molar-refractivity contribution in [3.8, 4) is 32.7 Å². The maximum absolute atomic E-state index is 14.4. The summed E-state index contributed by atoms with van der Waals surface area (Å²) in [6.07, 6.45) is 5.26. The van der Waals surface area contributed by atoms with Crippen molar-refractivity contribution in [2.24, 2.45) is 10.9 Å². The number of carbonyl (C=O) groups is 3. The number of fused-ring (bicyclic) bond motifs is 3. The molecule has 0 spiro atoms. The summed E-state index contributed by atoms with van der Waals surface area (Å²) >= 11 is 9.53. The molecule has 0 unspecified atom stereocenters. The number of aliphatic hydroxyl groups excluding tert-OH is 1. The zero-order chi connectivity index (χ0) is 50.5. The molecular weight excluding hydrogens is 972 g/mol. The smallest absolute Gasteiger partial charge is 0.317 e. The number of carbonyl (C=O) groups excluding carboxylic acids is 3. The number of aryl methyl sites for hydroxylation is 3. The minimum Gasteiger partial charge on any atom is -0.460 e. The fourth-order valence-corrected chi connectivity index (χ4v) is 11.9.